The largest absolute Gasteiger partial charge is 0.347 e. The highest BCUT2D eigenvalue weighted by Gasteiger charge is 2.18. The molecule has 0 bridgehead atoms. The highest BCUT2D eigenvalue weighted by molar-refractivity contribution is 6.31. The lowest BCUT2D eigenvalue weighted by Crippen LogP contribution is -2.31. The Bertz CT molecular complexity index is 1030. The molecule has 26 heavy (non-hydrogen) atoms. The fourth-order valence-electron chi connectivity index (χ4n) is 2.90. The smallest absolute Gasteiger partial charge is 0.257 e. The lowest BCUT2D eigenvalue weighted by molar-refractivity contribution is 0.0938. The number of nitrogens with zero attached hydrogens (tertiary/aromatic N) is 1. The number of benzene rings is 2. The van der Waals surface area contributed by atoms with Gasteiger partial charge in [0.15, 0.2) is 0 Å². The summed E-state index contributed by atoms with van der Waals surface area (Å²) in [6.45, 7) is 4.31. The van der Waals surface area contributed by atoms with Crippen LogP contribution in [-0.2, 0) is 6.54 Å². The maximum absolute atomic E-state index is 13.1. The van der Waals surface area contributed by atoms with Crippen molar-refractivity contribution < 1.29 is 9.18 Å². The van der Waals surface area contributed by atoms with Gasteiger partial charge < -0.3 is 9.88 Å². The van der Waals surface area contributed by atoms with Gasteiger partial charge in [-0.3, -0.25) is 9.59 Å². The lowest BCUT2D eigenvalue weighted by Gasteiger charge is -2.16. The molecular weight excluding hydrogens is 355 g/mol. The van der Waals surface area contributed by atoms with Gasteiger partial charge in [0.2, 0.25) is 5.43 Å². The predicted molar refractivity (Wildman–Crippen MR) is 101 cm³/mol. The molecule has 0 radical (unpaired) electrons. The Morgan fingerprint density at radius 2 is 1.92 bits per heavy atom. The van der Waals surface area contributed by atoms with Gasteiger partial charge in [-0.15, -0.1) is 0 Å². The van der Waals surface area contributed by atoms with E-state index in [1.807, 2.05) is 11.5 Å². The monoisotopic (exact) mass is 372 g/mol. The van der Waals surface area contributed by atoms with Crippen LogP contribution in [-0.4, -0.2) is 10.5 Å². The summed E-state index contributed by atoms with van der Waals surface area (Å²) in [4.78, 5) is 25.5. The van der Waals surface area contributed by atoms with Gasteiger partial charge in [0.25, 0.3) is 5.91 Å². The van der Waals surface area contributed by atoms with Crippen LogP contribution >= 0.6 is 11.6 Å². The molecule has 0 saturated heterocycles. The molecule has 1 atom stereocenters. The van der Waals surface area contributed by atoms with Crippen LogP contribution in [0.2, 0.25) is 5.02 Å². The number of aromatic nitrogens is 1. The summed E-state index contributed by atoms with van der Waals surface area (Å²) >= 11 is 6.02. The van der Waals surface area contributed by atoms with Crippen molar-refractivity contribution in [2.24, 2.45) is 0 Å². The summed E-state index contributed by atoms with van der Waals surface area (Å²) < 4.78 is 14.9. The molecular formula is C20H18ClFN2O2. The van der Waals surface area contributed by atoms with Gasteiger partial charge in [-0.2, -0.15) is 0 Å². The van der Waals surface area contributed by atoms with Crippen molar-refractivity contribution in [1.82, 2.24) is 9.88 Å². The van der Waals surface area contributed by atoms with Crippen molar-refractivity contribution >= 4 is 28.4 Å². The number of hydrogen-bond donors (Lipinski definition) is 1. The number of amides is 1. The van der Waals surface area contributed by atoms with Crippen molar-refractivity contribution in [3.63, 3.8) is 0 Å². The summed E-state index contributed by atoms with van der Waals surface area (Å²) in [5.41, 5.74) is 1.16. The van der Waals surface area contributed by atoms with Gasteiger partial charge in [0.1, 0.15) is 11.4 Å². The number of aryl methyl sites for hydroxylation is 1. The van der Waals surface area contributed by atoms with E-state index in [0.717, 1.165) is 11.1 Å². The summed E-state index contributed by atoms with van der Waals surface area (Å²) in [5, 5.41) is 3.64. The SMILES string of the molecule is CCn1cc(C(=O)N[C@H](C)c2ccc(F)cc2)c(=O)c2cc(Cl)ccc21. The fraction of sp³-hybridized carbons (Fsp3) is 0.200. The standard InChI is InChI=1S/C20H18ClFN2O2/c1-3-24-11-17(19(25)16-10-14(21)6-9-18(16)24)20(26)23-12(2)13-4-7-15(22)8-5-13/h4-12H,3H2,1-2H3,(H,23,26)/t12-/m1/s1. The Balaban J connectivity index is 1.98. The number of hydrogen-bond acceptors (Lipinski definition) is 2. The van der Waals surface area contributed by atoms with E-state index in [1.165, 1.54) is 12.1 Å². The number of carbonyl (C=O) groups excluding carboxylic acids is 1. The van der Waals surface area contributed by atoms with Crippen LogP contribution in [0.25, 0.3) is 10.9 Å². The first kappa shape index (κ1) is 18.1. The molecule has 1 amide bonds. The number of nitrogens with one attached hydrogen (secondary N) is 1. The number of carbonyl (C=O) groups is 1. The number of halogens is 2. The Morgan fingerprint density at radius 1 is 1.23 bits per heavy atom. The van der Waals surface area contributed by atoms with E-state index in [9.17, 15) is 14.0 Å². The van der Waals surface area contributed by atoms with E-state index in [4.69, 9.17) is 11.6 Å². The maximum atomic E-state index is 13.1. The molecule has 2 aromatic carbocycles. The Hall–Kier alpha value is -2.66. The minimum Gasteiger partial charge on any atom is -0.347 e. The molecule has 0 aliphatic carbocycles. The van der Waals surface area contributed by atoms with Crippen LogP contribution in [0.4, 0.5) is 4.39 Å². The maximum Gasteiger partial charge on any atom is 0.257 e. The third-order valence-corrected chi connectivity index (χ3v) is 4.58. The van der Waals surface area contributed by atoms with E-state index in [2.05, 4.69) is 5.32 Å². The second kappa shape index (κ2) is 7.30. The molecule has 0 aliphatic heterocycles. The second-order valence-electron chi connectivity index (χ2n) is 6.07. The van der Waals surface area contributed by atoms with Gasteiger partial charge in [0, 0.05) is 23.2 Å². The average Bonchev–Trinajstić information content (AvgIpc) is 2.62. The van der Waals surface area contributed by atoms with Crippen molar-refractivity contribution in [2.75, 3.05) is 0 Å². The molecule has 1 N–H and O–H groups in total. The summed E-state index contributed by atoms with van der Waals surface area (Å²) in [6.07, 6.45) is 1.56. The number of fused-ring (bicyclic) bond motifs is 1. The molecule has 6 heteroatoms. The third kappa shape index (κ3) is 3.48. The van der Waals surface area contributed by atoms with Gasteiger partial charge in [-0.25, -0.2) is 4.39 Å². The van der Waals surface area contributed by atoms with Crippen LogP contribution in [0, 0.1) is 5.82 Å². The number of rotatable bonds is 4. The molecule has 3 aromatic rings. The van der Waals surface area contributed by atoms with Gasteiger partial charge in [-0.1, -0.05) is 23.7 Å². The predicted octanol–water partition coefficient (Wildman–Crippen LogP) is 4.30. The second-order valence-corrected chi connectivity index (χ2v) is 6.50. The van der Waals surface area contributed by atoms with E-state index in [1.54, 1.807) is 43.5 Å². The van der Waals surface area contributed by atoms with Crippen LogP contribution in [0.5, 0.6) is 0 Å². The zero-order valence-electron chi connectivity index (χ0n) is 14.4. The van der Waals surface area contributed by atoms with Crippen LogP contribution in [0.15, 0.2) is 53.5 Å². The molecule has 3 rings (SSSR count). The van der Waals surface area contributed by atoms with Gasteiger partial charge in [0.05, 0.1) is 11.6 Å². The van der Waals surface area contributed by atoms with E-state index < -0.39 is 5.91 Å². The molecule has 1 aromatic heterocycles. The van der Waals surface area contributed by atoms with Crippen LogP contribution in [0.1, 0.15) is 35.8 Å². The van der Waals surface area contributed by atoms with Crippen molar-refractivity contribution in [2.45, 2.75) is 26.4 Å². The minimum atomic E-state index is -0.476. The van der Waals surface area contributed by atoms with E-state index in [-0.39, 0.29) is 22.9 Å². The Morgan fingerprint density at radius 3 is 2.58 bits per heavy atom. The first-order chi connectivity index (χ1) is 12.4. The topological polar surface area (TPSA) is 51.1 Å². The minimum absolute atomic E-state index is 0.0515. The highest BCUT2D eigenvalue weighted by atomic mass is 35.5. The zero-order chi connectivity index (χ0) is 18.8. The Kier molecular flexibility index (Phi) is 5.09. The fourth-order valence-corrected chi connectivity index (χ4v) is 3.07. The van der Waals surface area contributed by atoms with Gasteiger partial charge >= 0.3 is 0 Å². The van der Waals surface area contributed by atoms with Crippen LogP contribution in [0.3, 0.4) is 0 Å². The molecule has 0 fully saturated rings. The molecule has 134 valence electrons. The van der Waals surface area contributed by atoms with Crippen molar-refractivity contribution in [3.8, 4) is 0 Å². The first-order valence-electron chi connectivity index (χ1n) is 8.29. The first-order valence-corrected chi connectivity index (χ1v) is 8.67. The normalized spacial score (nSPS) is 12.2. The summed E-state index contributed by atoms with van der Waals surface area (Å²) in [7, 11) is 0. The average molecular weight is 373 g/mol. The Labute approximate surface area is 155 Å². The lowest BCUT2D eigenvalue weighted by atomic mass is 10.1. The van der Waals surface area contributed by atoms with E-state index >= 15 is 0 Å². The van der Waals surface area contributed by atoms with Crippen LogP contribution < -0.4 is 10.7 Å². The molecule has 0 unspecified atom stereocenters. The van der Waals surface area contributed by atoms with Gasteiger partial charge in [-0.05, 0) is 49.7 Å². The number of pyridine rings is 1. The third-order valence-electron chi connectivity index (χ3n) is 4.35. The zero-order valence-corrected chi connectivity index (χ0v) is 15.2. The van der Waals surface area contributed by atoms with Crippen molar-refractivity contribution in [1.29, 1.82) is 0 Å². The molecule has 1 heterocycles. The van der Waals surface area contributed by atoms with Crippen molar-refractivity contribution in [3.05, 3.63) is 80.9 Å². The quantitative estimate of drug-likeness (QED) is 0.742. The molecule has 0 aliphatic rings. The molecule has 4 nitrogen and oxygen atoms in total. The molecule has 0 spiro atoms. The highest BCUT2D eigenvalue weighted by Crippen LogP contribution is 2.18. The summed E-state index contributed by atoms with van der Waals surface area (Å²) in [6, 6.07) is 10.6. The van der Waals surface area contributed by atoms with E-state index in [0.29, 0.717) is 17.0 Å². The molecule has 0 saturated carbocycles. The summed E-state index contributed by atoms with van der Waals surface area (Å²) in [5.74, 6) is -0.819.